The molecule has 0 unspecified atom stereocenters. The molecule has 6 nitrogen and oxygen atoms in total. The molecular weight excluding hydrogens is 304 g/mol. The lowest BCUT2D eigenvalue weighted by Gasteiger charge is -2.29. The van der Waals surface area contributed by atoms with Crippen molar-refractivity contribution < 1.29 is 17.9 Å². The molecule has 1 N–H and O–H groups in total. The Hall–Kier alpha value is -1.44. The van der Waals surface area contributed by atoms with Gasteiger partial charge in [0, 0.05) is 31.8 Å². The average molecular weight is 326 g/mol. The number of rotatable bonds is 5. The molecule has 1 aliphatic rings. The van der Waals surface area contributed by atoms with Crippen LogP contribution in [-0.2, 0) is 26.2 Å². The fraction of sp³-hybridized carbons (Fsp3) is 0.533. The predicted molar refractivity (Wildman–Crippen MR) is 84.9 cm³/mol. The van der Waals surface area contributed by atoms with Crippen LogP contribution >= 0.6 is 0 Å². The van der Waals surface area contributed by atoms with Gasteiger partial charge in [0.1, 0.15) is 0 Å². The number of hydrogen-bond acceptors (Lipinski definition) is 4. The third-order valence-electron chi connectivity index (χ3n) is 3.80. The number of carbonyl (C=O) groups is 1. The van der Waals surface area contributed by atoms with Gasteiger partial charge in [-0.2, -0.15) is 0 Å². The first-order chi connectivity index (χ1) is 10.4. The number of ether oxygens (including phenoxy) is 1. The quantitative estimate of drug-likeness (QED) is 0.888. The summed E-state index contributed by atoms with van der Waals surface area (Å²) in [6.07, 6.45) is 2.31. The third kappa shape index (κ3) is 4.53. The summed E-state index contributed by atoms with van der Waals surface area (Å²) >= 11 is 0. The lowest BCUT2D eigenvalue weighted by atomic mass is 9.97. The van der Waals surface area contributed by atoms with E-state index in [0.717, 1.165) is 11.3 Å². The molecule has 0 aromatic heterocycles. The Morgan fingerprint density at radius 1 is 1.36 bits per heavy atom. The lowest BCUT2D eigenvalue weighted by molar-refractivity contribution is -0.120. The molecule has 1 aliphatic heterocycles. The van der Waals surface area contributed by atoms with E-state index in [1.165, 1.54) is 10.6 Å². The van der Waals surface area contributed by atoms with E-state index in [9.17, 15) is 13.2 Å². The smallest absolute Gasteiger partial charge is 0.227 e. The first-order valence-corrected chi connectivity index (χ1v) is 9.09. The molecular formula is C15H22N2O4S. The highest BCUT2D eigenvalue weighted by Crippen LogP contribution is 2.21. The number of methoxy groups -OCH3 is 1. The van der Waals surface area contributed by atoms with Crippen LogP contribution in [0.5, 0.6) is 0 Å². The van der Waals surface area contributed by atoms with Gasteiger partial charge in [-0.1, -0.05) is 12.1 Å². The van der Waals surface area contributed by atoms with Crippen molar-refractivity contribution in [2.45, 2.75) is 19.4 Å². The van der Waals surface area contributed by atoms with E-state index in [-0.39, 0.29) is 11.8 Å². The minimum absolute atomic E-state index is 0.0530. The molecule has 1 aromatic carbocycles. The Bertz CT molecular complexity index is 622. The fourth-order valence-electron chi connectivity index (χ4n) is 2.60. The first kappa shape index (κ1) is 16.9. The SMILES string of the molecule is COCc1cccc(NC(=O)C2CCN(S(C)(=O)=O)CC2)c1. The highest BCUT2D eigenvalue weighted by molar-refractivity contribution is 7.88. The van der Waals surface area contributed by atoms with Crippen molar-refractivity contribution in [1.82, 2.24) is 4.31 Å². The first-order valence-electron chi connectivity index (χ1n) is 7.24. The molecule has 22 heavy (non-hydrogen) atoms. The van der Waals surface area contributed by atoms with Gasteiger partial charge in [-0.05, 0) is 30.5 Å². The van der Waals surface area contributed by atoms with Gasteiger partial charge in [0.05, 0.1) is 12.9 Å². The van der Waals surface area contributed by atoms with Gasteiger partial charge < -0.3 is 10.1 Å². The summed E-state index contributed by atoms with van der Waals surface area (Å²) in [6.45, 7) is 1.30. The maximum Gasteiger partial charge on any atom is 0.227 e. The van der Waals surface area contributed by atoms with Gasteiger partial charge in [-0.25, -0.2) is 12.7 Å². The average Bonchev–Trinajstić information content (AvgIpc) is 2.47. The molecule has 2 rings (SSSR count). The van der Waals surface area contributed by atoms with E-state index in [1.54, 1.807) is 7.11 Å². The van der Waals surface area contributed by atoms with Gasteiger partial charge >= 0.3 is 0 Å². The number of nitrogens with zero attached hydrogens (tertiary/aromatic N) is 1. The summed E-state index contributed by atoms with van der Waals surface area (Å²) < 4.78 is 29.4. The Morgan fingerprint density at radius 2 is 2.05 bits per heavy atom. The van der Waals surface area contributed by atoms with E-state index in [0.29, 0.717) is 32.5 Å². The Balaban J connectivity index is 1.92. The van der Waals surface area contributed by atoms with Crippen LogP contribution in [0.4, 0.5) is 5.69 Å². The summed E-state index contributed by atoms with van der Waals surface area (Å²) in [5.41, 5.74) is 1.73. The van der Waals surface area contributed by atoms with Crippen LogP contribution in [0.2, 0.25) is 0 Å². The highest BCUT2D eigenvalue weighted by atomic mass is 32.2. The van der Waals surface area contributed by atoms with Gasteiger partial charge in [-0.3, -0.25) is 4.79 Å². The van der Waals surface area contributed by atoms with Crippen LogP contribution in [0, 0.1) is 5.92 Å². The number of anilines is 1. The second-order valence-electron chi connectivity index (χ2n) is 5.56. The maximum atomic E-state index is 12.3. The van der Waals surface area contributed by atoms with Crippen molar-refractivity contribution >= 4 is 21.6 Å². The zero-order valence-corrected chi connectivity index (χ0v) is 13.7. The molecule has 1 fully saturated rings. The minimum Gasteiger partial charge on any atom is -0.380 e. The molecule has 1 saturated heterocycles. The monoisotopic (exact) mass is 326 g/mol. The van der Waals surface area contributed by atoms with Gasteiger partial charge in [-0.15, -0.1) is 0 Å². The van der Waals surface area contributed by atoms with E-state index in [1.807, 2.05) is 24.3 Å². The van der Waals surface area contributed by atoms with E-state index in [2.05, 4.69) is 5.32 Å². The third-order valence-corrected chi connectivity index (χ3v) is 5.10. The van der Waals surface area contributed by atoms with Crippen molar-refractivity contribution in [3.63, 3.8) is 0 Å². The number of amides is 1. The Labute approximate surface area is 131 Å². The lowest BCUT2D eigenvalue weighted by Crippen LogP contribution is -2.40. The predicted octanol–water partition coefficient (Wildman–Crippen LogP) is 1.44. The molecule has 0 spiro atoms. The Morgan fingerprint density at radius 3 is 2.64 bits per heavy atom. The molecule has 0 atom stereocenters. The van der Waals surface area contributed by atoms with Crippen LogP contribution < -0.4 is 5.32 Å². The van der Waals surface area contributed by atoms with Crippen LogP contribution in [0.1, 0.15) is 18.4 Å². The van der Waals surface area contributed by atoms with Crippen molar-refractivity contribution in [2.24, 2.45) is 5.92 Å². The number of carbonyl (C=O) groups excluding carboxylic acids is 1. The van der Waals surface area contributed by atoms with Crippen molar-refractivity contribution in [3.05, 3.63) is 29.8 Å². The molecule has 0 bridgehead atoms. The largest absolute Gasteiger partial charge is 0.380 e. The second-order valence-corrected chi connectivity index (χ2v) is 7.54. The zero-order chi connectivity index (χ0) is 16.2. The maximum absolute atomic E-state index is 12.3. The van der Waals surface area contributed by atoms with Crippen molar-refractivity contribution in [2.75, 3.05) is 31.8 Å². The van der Waals surface area contributed by atoms with E-state index in [4.69, 9.17) is 4.74 Å². The fourth-order valence-corrected chi connectivity index (χ4v) is 3.47. The molecule has 0 radical (unpaired) electrons. The van der Waals surface area contributed by atoms with Crippen LogP contribution in [0.15, 0.2) is 24.3 Å². The number of sulfonamides is 1. The summed E-state index contributed by atoms with van der Waals surface area (Å²) in [7, 11) is -1.53. The second kappa shape index (κ2) is 7.21. The topological polar surface area (TPSA) is 75.7 Å². The number of benzene rings is 1. The molecule has 122 valence electrons. The normalized spacial score (nSPS) is 17.4. The number of nitrogens with one attached hydrogen (secondary N) is 1. The van der Waals surface area contributed by atoms with Gasteiger partial charge in [0.15, 0.2) is 0 Å². The highest BCUT2D eigenvalue weighted by Gasteiger charge is 2.28. The number of hydrogen-bond donors (Lipinski definition) is 1. The molecule has 1 aromatic rings. The van der Waals surface area contributed by atoms with Crippen LogP contribution in [0.25, 0.3) is 0 Å². The van der Waals surface area contributed by atoms with Gasteiger partial charge in [0.25, 0.3) is 0 Å². The zero-order valence-electron chi connectivity index (χ0n) is 12.9. The molecule has 1 heterocycles. The summed E-state index contributed by atoms with van der Waals surface area (Å²) in [5, 5.41) is 2.90. The summed E-state index contributed by atoms with van der Waals surface area (Å²) in [4.78, 5) is 12.3. The molecule has 7 heteroatoms. The number of piperidine rings is 1. The Kier molecular flexibility index (Phi) is 5.55. The molecule has 1 amide bonds. The minimum atomic E-state index is -3.16. The molecule has 0 aliphatic carbocycles. The summed E-state index contributed by atoms with van der Waals surface area (Å²) in [5.74, 6) is -0.202. The van der Waals surface area contributed by atoms with Crippen LogP contribution in [0.3, 0.4) is 0 Å². The van der Waals surface area contributed by atoms with Crippen LogP contribution in [-0.4, -0.2) is 45.1 Å². The van der Waals surface area contributed by atoms with Crippen molar-refractivity contribution in [3.8, 4) is 0 Å². The summed E-state index contributed by atoms with van der Waals surface area (Å²) in [6, 6.07) is 7.52. The molecule has 0 saturated carbocycles. The van der Waals surface area contributed by atoms with E-state index >= 15 is 0 Å². The van der Waals surface area contributed by atoms with E-state index < -0.39 is 10.0 Å². The van der Waals surface area contributed by atoms with Crippen molar-refractivity contribution in [1.29, 1.82) is 0 Å². The van der Waals surface area contributed by atoms with Gasteiger partial charge in [0.2, 0.25) is 15.9 Å². The standard InChI is InChI=1S/C15H22N2O4S/c1-21-11-12-4-3-5-14(10-12)16-15(18)13-6-8-17(9-7-13)22(2,19)20/h3-5,10,13H,6-9,11H2,1-2H3,(H,16,18).